The van der Waals surface area contributed by atoms with Crippen molar-refractivity contribution in [2.45, 2.75) is 12.5 Å². The molecule has 2 nitrogen and oxygen atoms in total. The van der Waals surface area contributed by atoms with E-state index in [1.54, 1.807) is 6.20 Å². The molecule has 0 aliphatic heterocycles. The average molecular weight is 327 g/mol. The Morgan fingerprint density at radius 3 is 2.60 bits per heavy atom. The molecule has 1 unspecified atom stereocenters. The highest BCUT2D eigenvalue weighted by Gasteiger charge is 2.08. The molecule has 2 N–H and O–H groups in total. The molecule has 0 spiro atoms. The molecule has 0 radical (unpaired) electrons. The number of fused-ring (bicyclic) bond motifs is 1. The van der Waals surface area contributed by atoms with Crippen LogP contribution in [-0.4, -0.2) is 4.98 Å². The molecule has 2 aromatic carbocycles. The molecule has 0 saturated heterocycles. The standard InChI is InChI=1S/C17H15BrN2/c18-16-7-12(10-20-11-16)8-17(19)15-6-5-13-3-1-2-4-14(13)9-15/h1-7,9-11,17H,8,19H2. The fourth-order valence-corrected chi connectivity index (χ4v) is 2.79. The van der Waals surface area contributed by atoms with Gasteiger partial charge in [0, 0.05) is 22.9 Å². The summed E-state index contributed by atoms with van der Waals surface area (Å²) in [5.41, 5.74) is 8.62. The largest absolute Gasteiger partial charge is 0.324 e. The molecule has 1 heterocycles. The molecule has 3 rings (SSSR count). The maximum atomic E-state index is 6.33. The lowest BCUT2D eigenvalue weighted by atomic mass is 9.98. The Balaban J connectivity index is 1.86. The van der Waals surface area contributed by atoms with Crippen molar-refractivity contribution in [3.05, 3.63) is 76.5 Å². The van der Waals surface area contributed by atoms with E-state index >= 15 is 0 Å². The third kappa shape index (κ3) is 2.89. The Morgan fingerprint density at radius 1 is 1.00 bits per heavy atom. The van der Waals surface area contributed by atoms with E-state index in [1.807, 2.05) is 6.20 Å². The van der Waals surface area contributed by atoms with Gasteiger partial charge in [-0.25, -0.2) is 0 Å². The van der Waals surface area contributed by atoms with Gasteiger partial charge < -0.3 is 5.73 Å². The van der Waals surface area contributed by atoms with E-state index in [0.717, 1.165) is 22.0 Å². The third-order valence-electron chi connectivity index (χ3n) is 3.42. The number of aromatic nitrogens is 1. The SMILES string of the molecule is NC(Cc1cncc(Br)c1)c1ccc2ccccc2c1. The Kier molecular flexibility index (Phi) is 3.81. The molecule has 1 atom stereocenters. The highest BCUT2D eigenvalue weighted by molar-refractivity contribution is 9.10. The van der Waals surface area contributed by atoms with E-state index in [0.29, 0.717) is 0 Å². The number of nitrogens with zero attached hydrogens (tertiary/aromatic N) is 1. The average Bonchev–Trinajstić information content (AvgIpc) is 2.47. The van der Waals surface area contributed by atoms with E-state index < -0.39 is 0 Å². The molecule has 3 aromatic rings. The smallest absolute Gasteiger partial charge is 0.0410 e. The molecular formula is C17H15BrN2. The second kappa shape index (κ2) is 5.73. The van der Waals surface area contributed by atoms with Gasteiger partial charge in [0.15, 0.2) is 0 Å². The summed E-state index contributed by atoms with van der Waals surface area (Å²) in [5, 5.41) is 2.47. The highest BCUT2D eigenvalue weighted by Crippen LogP contribution is 2.22. The van der Waals surface area contributed by atoms with Crippen LogP contribution in [0, 0.1) is 0 Å². The number of hydrogen-bond donors (Lipinski definition) is 1. The van der Waals surface area contributed by atoms with Crippen molar-refractivity contribution in [3.63, 3.8) is 0 Å². The summed E-state index contributed by atoms with van der Waals surface area (Å²) in [7, 11) is 0. The van der Waals surface area contributed by atoms with Gasteiger partial charge in [0.25, 0.3) is 0 Å². The van der Waals surface area contributed by atoms with Crippen LogP contribution >= 0.6 is 15.9 Å². The van der Waals surface area contributed by atoms with Crippen molar-refractivity contribution in [2.75, 3.05) is 0 Å². The van der Waals surface area contributed by atoms with Crippen LogP contribution < -0.4 is 5.73 Å². The van der Waals surface area contributed by atoms with Crippen molar-refractivity contribution < 1.29 is 0 Å². The molecule has 0 amide bonds. The fourth-order valence-electron chi connectivity index (χ4n) is 2.38. The predicted molar refractivity (Wildman–Crippen MR) is 86.5 cm³/mol. The van der Waals surface area contributed by atoms with Crippen molar-refractivity contribution in [2.24, 2.45) is 5.73 Å². The lowest BCUT2D eigenvalue weighted by Crippen LogP contribution is -2.13. The molecule has 3 heteroatoms. The maximum Gasteiger partial charge on any atom is 0.0410 e. The maximum absolute atomic E-state index is 6.33. The van der Waals surface area contributed by atoms with Gasteiger partial charge in [-0.3, -0.25) is 4.98 Å². The lowest BCUT2D eigenvalue weighted by Gasteiger charge is -2.13. The van der Waals surface area contributed by atoms with E-state index in [2.05, 4.69) is 69.4 Å². The first-order chi connectivity index (χ1) is 9.72. The summed E-state index contributed by atoms with van der Waals surface area (Å²) in [6.07, 6.45) is 4.43. The second-order valence-corrected chi connectivity index (χ2v) is 5.84. The zero-order valence-electron chi connectivity index (χ0n) is 11.0. The molecule has 0 fully saturated rings. The van der Waals surface area contributed by atoms with Crippen LogP contribution in [0.3, 0.4) is 0 Å². The van der Waals surface area contributed by atoms with Gasteiger partial charge in [0.1, 0.15) is 0 Å². The summed E-state index contributed by atoms with van der Waals surface area (Å²) >= 11 is 3.44. The first-order valence-corrected chi connectivity index (χ1v) is 7.35. The summed E-state index contributed by atoms with van der Waals surface area (Å²) < 4.78 is 0.987. The zero-order valence-corrected chi connectivity index (χ0v) is 12.5. The van der Waals surface area contributed by atoms with Gasteiger partial charge in [-0.15, -0.1) is 0 Å². The third-order valence-corrected chi connectivity index (χ3v) is 3.85. The number of rotatable bonds is 3. The quantitative estimate of drug-likeness (QED) is 0.781. The number of halogens is 1. The minimum absolute atomic E-state index is 0.0179. The molecule has 100 valence electrons. The number of hydrogen-bond acceptors (Lipinski definition) is 2. The summed E-state index contributed by atoms with van der Waals surface area (Å²) in [6, 6.07) is 16.8. The minimum Gasteiger partial charge on any atom is -0.324 e. The van der Waals surface area contributed by atoms with E-state index in [1.165, 1.54) is 10.8 Å². The van der Waals surface area contributed by atoms with Gasteiger partial charge >= 0.3 is 0 Å². The van der Waals surface area contributed by atoms with Crippen LogP contribution in [0.15, 0.2) is 65.4 Å². The first-order valence-electron chi connectivity index (χ1n) is 6.56. The molecule has 0 bridgehead atoms. The van der Waals surface area contributed by atoms with E-state index in [-0.39, 0.29) is 6.04 Å². The van der Waals surface area contributed by atoms with Gasteiger partial charge in [-0.05, 0) is 56.4 Å². The van der Waals surface area contributed by atoms with E-state index in [4.69, 9.17) is 5.73 Å². The first kappa shape index (κ1) is 13.3. The van der Waals surface area contributed by atoms with Crippen molar-refractivity contribution >= 4 is 26.7 Å². The Bertz CT molecular complexity index is 740. The van der Waals surface area contributed by atoms with E-state index in [9.17, 15) is 0 Å². The van der Waals surface area contributed by atoms with Gasteiger partial charge in [-0.2, -0.15) is 0 Å². The molecule has 1 aromatic heterocycles. The summed E-state index contributed by atoms with van der Waals surface area (Å²) in [4.78, 5) is 4.18. The number of benzene rings is 2. The van der Waals surface area contributed by atoms with Crippen molar-refractivity contribution in [3.8, 4) is 0 Å². The van der Waals surface area contributed by atoms with Crippen LogP contribution in [0.25, 0.3) is 10.8 Å². The van der Waals surface area contributed by atoms with Crippen LogP contribution in [0.2, 0.25) is 0 Å². The van der Waals surface area contributed by atoms with Crippen LogP contribution in [0.5, 0.6) is 0 Å². The monoisotopic (exact) mass is 326 g/mol. The van der Waals surface area contributed by atoms with Crippen molar-refractivity contribution in [1.29, 1.82) is 0 Å². The minimum atomic E-state index is -0.0179. The van der Waals surface area contributed by atoms with Crippen LogP contribution in [0.4, 0.5) is 0 Å². The van der Waals surface area contributed by atoms with Gasteiger partial charge in [0.2, 0.25) is 0 Å². The fraction of sp³-hybridized carbons (Fsp3) is 0.118. The van der Waals surface area contributed by atoms with Crippen LogP contribution in [-0.2, 0) is 6.42 Å². The van der Waals surface area contributed by atoms with Gasteiger partial charge in [-0.1, -0.05) is 36.4 Å². The second-order valence-electron chi connectivity index (χ2n) is 4.93. The summed E-state index contributed by atoms with van der Waals surface area (Å²) in [6.45, 7) is 0. The Hall–Kier alpha value is -1.71. The molecule has 0 aliphatic rings. The topological polar surface area (TPSA) is 38.9 Å². The predicted octanol–water partition coefficient (Wildman–Crippen LogP) is 4.24. The number of nitrogens with two attached hydrogens (primary N) is 1. The Labute approximate surface area is 126 Å². The normalized spacial score (nSPS) is 12.5. The number of pyridine rings is 1. The Morgan fingerprint density at radius 2 is 1.80 bits per heavy atom. The molecule has 20 heavy (non-hydrogen) atoms. The summed E-state index contributed by atoms with van der Waals surface area (Å²) in [5.74, 6) is 0. The van der Waals surface area contributed by atoms with Crippen molar-refractivity contribution in [1.82, 2.24) is 4.98 Å². The lowest BCUT2D eigenvalue weighted by molar-refractivity contribution is 0.720. The highest BCUT2D eigenvalue weighted by atomic mass is 79.9. The molecular weight excluding hydrogens is 312 g/mol. The molecule has 0 aliphatic carbocycles. The zero-order chi connectivity index (χ0) is 13.9. The van der Waals surface area contributed by atoms with Crippen LogP contribution in [0.1, 0.15) is 17.2 Å². The van der Waals surface area contributed by atoms with Gasteiger partial charge in [0.05, 0.1) is 0 Å². The molecule has 0 saturated carbocycles.